The molecule has 1 amide bonds. The highest BCUT2D eigenvalue weighted by Gasteiger charge is 2.27. The second-order valence-corrected chi connectivity index (χ2v) is 8.75. The van der Waals surface area contributed by atoms with Gasteiger partial charge in [-0.1, -0.05) is 59.7 Å². The maximum atomic E-state index is 12.9. The van der Waals surface area contributed by atoms with Crippen LogP contribution in [-0.4, -0.2) is 41.2 Å². The number of benzene rings is 1. The van der Waals surface area contributed by atoms with Crippen molar-refractivity contribution in [2.45, 2.75) is 54.0 Å². The molecule has 0 unspecified atom stereocenters. The van der Waals surface area contributed by atoms with Crippen molar-refractivity contribution in [1.82, 2.24) is 14.7 Å². The van der Waals surface area contributed by atoms with Gasteiger partial charge >= 0.3 is 0 Å². The summed E-state index contributed by atoms with van der Waals surface area (Å²) in [5, 5.41) is 4.97. The first-order valence-corrected chi connectivity index (χ1v) is 10.3. The normalized spacial score (nSPS) is 11.5. The van der Waals surface area contributed by atoms with E-state index in [1.165, 1.54) is 0 Å². The summed E-state index contributed by atoms with van der Waals surface area (Å²) in [6.45, 7) is 13.9. The average Bonchev–Trinajstić information content (AvgIpc) is 3.00. The summed E-state index contributed by atoms with van der Waals surface area (Å²) >= 11 is 0. The lowest BCUT2D eigenvalue weighted by Crippen LogP contribution is -2.37. The van der Waals surface area contributed by atoms with Crippen molar-refractivity contribution < 1.29 is 4.79 Å². The van der Waals surface area contributed by atoms with Gasteiger partial charge in [-0.15, -0.1) is 0 Å². The molecule has 5 nitrogen and oxygen atoms in total. The Kier molecular flexibility index (Phi) is 7.28. The van der Waals surface area contributed by atoms with Gasteiger partial charge in [0.15, 0.2) is 0 Å². The molecule has 0 saturated carbocycles. The van der Waals surface area contributed by atoms with E-state index in [9.17, 15) is 4.79 Å². The van der Waals surface area contributed by atoms with E-state index >= 15 is 0 Å². The lowest BCUT2D eigenvalue weighted by Gasteiger charge is -2.28. The van der Waals surface area contributed by atoms with Crippen LogP contribution in [0.15, 0.2) is 30.3 Å². The van der Waals surface area contributed by atoms with Crippen LogP contribution in [0.2, 0.25) is 0 Å². The number of aromatic nitrogens is 2. The summed E-state index contributed by atoms with van der Waals surface area (Å²) in [6.07, 6.45) is 0. The topological polar surface area (TPSA) is 41.4 Å². The van der Waals surface area contributed by atoms with Crippen molar-refractivity contribution in [3.05, 3.63) is 41.6 Å². The second-order valence-electron chi connectivity index (χ2n) is 8.75. The van der Waals surface area contributed by atoms with Gasteiger partial charge in [0.1, 0.15) is 5.82 Å². The molecule has 0 aliphatic rings. The monoisotopic (exact) mass is 384 g/mol. The first-order chi connectivity index (χ1) is 13.1. The van der Waals surface area contributed by atoms with Gasteiger partial charge < -0.3 is 9.80 Å². The molecule has 0 N–H and O–H groups in total. The predicted molar refractivity (Wildman–Crippen MR) is 117 cm³/mol. The Morgan fingerprint density at radius 3 is 2.11 bits per heavy atom. The highest BCUT2D eigenvalue weighted by Crippen LogP contribution is 2.32. The molecule has 0 saturated heterocycles. The smallest absolute Gasteiger partial charge is 0.225 e. The molecule has 0 bridgehead atoms. The zero-order valence-corrected chi connectivity index (χ0v) is 18.7. The summed E-state index contributed by atoms with van der Waals surface area (Å²) in [4.78, 5) is 17.0. The summed E-state index contributed by atoms with van der Waals surface area (Å²) in [7, 11) is 4.09. The van der Waals surface area contributed by atoms with Gasteiger partial charge in [0.2, 0.25) is 5.91 Å². The fraction of sp³-hybridized carbons (Fsp3) is 0.565. The quantitative estimate of drug-likeness (QED) is 0.662. The lowest BCUT2D eigenvalue weighted by atomic mass is 10.0. The molecular formula is C23H36N4O. The molecular weight excluding hydrogens is 348 g/mol. The Bertz CT molecular complexity index is 775. The Balaban J connectivity index is 2.60. The van der Waals surface area contributed by atoms with Gasteiger partial charge in [-0.2, -0.15) is 5.10 Å². The molecule has 2 rings (SSSR count). The number of amides is 1. The van der Waals surface area contributed by atoms with E-state index in [1.807, 2.05) is 55.7 Å². The summed E-state index contributed by atoms with van der Waals surface area (Å²) < 4.78 is 2.01. The van der Waals surface area contributed by atoms with Crippen molar-refractivity contribution in [1.29, 1.82) is 0 Å². The molecule has 5 heteroatoms. The molecule has 0 atom stereocenters. The molecule has 154 valence electrons. The first-order valence-electron chi connectivity index (χ1n) is 10.3. The van der Waals surface area contributed by atoms with Crippen LogP contribution in [0.4, 0.5) is 5.82 Å². The van der Waals surface area contributed by atoms with Crippen molar-refractivity contribution in [3.63, 3.8) is 0 Å². The van der Waals surface area contributed by atoms with E-state index in [2.05, 4.69) is 44.7 Å². The predicted octanol–water partition coefficient (Wildman–Crippen LogP) is 4.70. The maximum absolute atomic E-state index is 12.9. The summed E-state index contributed by atoms with van der Waals surface area (Å²) in [5.74, 6) is 1.90. The molecule has 0 aliphatic carbocycles. The van der Waals surface area contributed by atoms with Gasteiger partial charge in [0, 0.05) is 32.1 Å². The molecule has 1 aromatic carbocycles. The van der Waals surface area contributed by atoms with Gasteiger partial charge in [-0.25, -0.2) is 4.68 Å². The fourth-order valence-electron chi connectivity index (χ4n) is 3.51. The van der Waals surface area contributed by atoms with Gasteiger partial charge in [-0.05, 0) is 24.0 Å². The van der Waals surface area contributed by atoms with Crippen LogP contribution in [0.25, 0.3) is 5.69 Å². The second kappa shape index (κ2) is 9.26. The fourth-order valence-corrected chi connectivity index (χ4v) is 3.51. The number of anilines is 1. The van der Waals surface area contributed by atoms with Gasteiger partial charge in [-0.3, -0.25) is 4.79 Å². The van der Waals surface area contributed by atoms with E-state index < -0.39 is 0 Å². The number of rotatable bonds is 8. The van der Waals surface area contributed by atoms with Crippen LogP contribution in [0.5, 0.6) is 0 Å². The zero-order valence-electron chi connectivity index (χ0n) is 18.7. The van der Waals surface area contributed by atoms with Crippen LogP contribution in [-0.2, 0) is 11.3 Å². The maximum Gasteiger partial charge on any atom is 0.225 e. The Hall–Kier alpha value is -2.30. The molecule has 28 heavy (non-hydrogen) atoms. The number of hydrogen-bond donors (Lipinski definition) is 0. The zero-order chi connectivity index (χ0) is 21.0. The van der Waals surface area contributed by atoms with Gasteiger partial charge in [0.25, 0.3) is 0 Å². The largest absolute Gasteiger partial charge is 0.362 e. The number of hydrogen-bond acceptors (Lipinski definition) is 3. The number of carbonyl (C=O) groups excluding carboxylic acids is 1. The van der Waals surface area contributed by atoms with Crippen molar-refractivity contribution >= 4 is 11.7 Å². The minimum Gasteiger partial charge on any atom is -0.362 e. The van der Waals surface area contributed by atoms with E-state index in [0.717, 1.165) is 29.3 Å². The third-order valence-electron chi connectivity index (χ3n) is 4.70. The standard InChI is InChI=1S/C23H36N4O/c1-16(2)14-26(23(28)18(5)6)15-20-21(17(3)4)24-27(22(20)25(7)8)19-12-10-9-11-13-19/h9-13,16-18H,14-15H2,1-8H3. The van der Waals surface area contributed by atoms with Crippen LogP contribution in [0, 0.1) is 11.8 Å². The average molecular weight is 385 g/mol. The third kappa shape index (κ3) is 4.94. The highest BCUT2D eigenvalue weighted by atomic mass is 16.2. The minimum absolute atomic E-state index is 0.0202. The summed E-state index contributed by atoms with van der Waals surface area (Å²) in [6, 6.07) is 10.2. The first kappa shape index (κ1) is 22.0. The molecule has 0 spiro atoms. The molecule has 1 heterocycles. The third-order valence-corrected chi connectivity index (χ3v) is 4.70. The van der Waals surface area contributed by atoms with E-state index in [1.54, 1.807) is 0 Å². The molecule has 0 fully saturated rings. The van der Waals surface area contributed by atoms with Crippen LogP contribution < -0.4 is 4.90 Å². The van der Waals surface area contributed by atoms with E-state index in [-0.39, 0.29) is 17.7 Å². The Labute approximate surface area is 170 Å². The SMILES string of the molecule is CC(C)CN(Cc1c(C(C)C)nn(-c2ccccc2)c1N(C)C)C(=O)C(C)C. The minimum atomic E-state index is -0.0202. The lowest BCUT2D eigenvalue weighted by molar-refractivity contribution is -0.135. The molecule has 2 aromatic rings. The van der Waals surface area contributed by atoms with Gasteiger partial charge in [0.05, 0.1) is 17.9 Å². The molecule has 1 aromatic heterocycles. The van der Waals surface area contributed by atoms with Crippen LogP contribution in [0.1, 0.15) is 58.7 Å². The van der Waals surface area contributed by atoms with Crippen molar-refractivity contribution in [2.24, 2.45) is 11.8 Å². The van der Waals surface area contributed by atoms with Crippen molar-refractivity contribution in [2.75, 3.05) is 25.5 Å². The Morgan fingerprint density at radius 2 is 1.64 bits per heavy atom. The summed E-state index contributed by atoms with van der Waals surface area (Å²) in [5.41, 5.74) is 3.22. The molecule has 0 aliphatic heterocycles. The number of para-hydroxylation sites is 1. The number of carbonyl (C=O) groups is 1. The van der Waals surface area contributed by atoms with Crippen LogP contribution >= 0.6 is 0 Å². The highest BCUT2D eigenvalue weighted by molar-refractivity contribution is 5.78. The Morgan fingerprint density at radius 1 is 1.04 bits per heavy atom. The molecule has 0 radical (unpaired) electrons. The van der Waals surface area contributed by atoms with Crippen LogP contribution in [0.3, 0.4) is 0 Å². The van der Waals surface area contributed by atoms with Crippen molar-refractivity contribution in [3.8, 4) is 5.69 Å². The van der Waals surface area contributed by atoms with E-state index in [4.69, 9.17) is 5.10 Å². The number of nitrogens with zero attached hydrogens (tertiary/aromatic N) is 4. The van der Waals surface area contributed by atoms with E-state index in [0.29, 0.717) is 12.5 Å².